The van der Waals surface area contributed by atoms with E-state index in [1.54, 1.807) is 0 Å². The number of aromatic nitrogens is 1. The highest BCUT2D eigenvalue weighted by molar-refractivity contribution is 5.55. The molecule has 122 valence electrons. The maximum absolute atomic E-state index is 5.92. The molecule has 5 nitrogen and oxygen atoms in total. The Morgan fingerprint density at radius 3 is 2.70 bits per heavy atom. The van der Waals surface area contributed by atoms with Gasteiger partial charge in [-0.05, 0) is 13.0 Å². The van der Waals surface area contributed by atoms with E-state index in [0.717, 1.165) is 62.5 Å². The summed E-state index contributed by atoms with van der Waals surface area (Å²) in [6.45, 7) is 7.63. The fourth-order valence-electron chi connectivity index (χ4n) is 3.55. The van der Waals surface area contributed by atoms with Crippen molar-refractivity contribution >= 4 is 0 Å². The molecule has 23 heavy (non-hydrogen) atoms. The second kappa shape index (κ2) is 6.83. The zero-order chi connectivity index (χ0) is 15.5. The summed E-state index contributed by atoms with van der Waals surface area (Å²) < 4.78 is 5.92. The van der Waals surface area contributed by atoms with Crippen LogP contribution < -0.4 is 5.32 Å². The molecule has 0 bridgehead atoms. The summed E-state index contributed by atoms with van der Waals surface area (Å²) in [5, 5.41) is 3.46. The highest BCUT2D eigenvalue weighted by Gasteiger charge is 2.26. The van der Waals surface area contributed by atoms with Crippen LogP contribution in [0.1, 0.15) is 12.3 Å². The number of hydrogen-bond donors (Lipinski definition) is 1. The van der Waals surface area contributed by atoms with Crippen LogP contribution in [0, 0.1) is 0 Å². The molecular weight excluding hydrogens is 288 g/mol. The average Bonchev–Trinajstić information content (AvgIpc) is 3.28. The average molecular weight is 312 g/mol. The first-order valence-electron chi connectivity index (χ1n) is 8.56. The van der Waals surface area contributed by atoms with Gasteiger partial charge in [0.25, 0.3) is 0 Å². The summed E-state index contributed by atoms with van der Waals surface area (Å²) in [5.74, 6) is 1.68. The quantitative estimate of drug-likeness (QED) is 0.933. The standard InChI is InChI=1S/C18H24N4O/c1-2-4-15(5-3-1)17-13-20-18(23-17)14-21-8-10-22(11-9-21)16-6-7-19-12-16/h1-5,13,16,19H,6-12,14H2. The molecule has 2 aliphatic heterocycles. The Morgan fingerprint density at radius 2 is 1.96 bits per heavy atom. The van der Waals surface area contributed by atoms with Gasteiger partial charge in [-0.1, -0.05) is 30.3 Å². The van der Waals surface area contributed by atoms with Crippen molar-refractivity contribution in [1.29, 1.82) is 0 Å². The van der Waals surface area contributed by atoms with Crippen LogP contribution in [0.4, 0.5) is 0 Å². The van der Waals surface area contributed by atoms with Crippen LogP contribution in [-0.4, -0.2) is 60.1 Å². The number of hydrogen-bond acceptors (Lipinski definition) is 5. The van der Waals surface area contributed by atoms with Gasteiger partial charge in [0.2, 0.25) is 5.89 Å². The van der Waals surface area contributed by atoms with Crippen molar-refractivity contribution in [2.45, 2.75) is 19.0 Å². The highest BCUT2D eigenvalue weighted by Crippen LogP contribution is 2.21. The molecule has 1 aromatic heterocycles. The van der Waals surface area contributed by atoms with Crippen molar-refractivity contribution in [3.05, 3.63) is 42.4 Å². The normalized spacial score (nSPS) is 23.4. The maximum atomic E-state index is 5.92. The van der Waals surface area contributed by atoms with Gasteiger partial charge in [-0.2, -0.15) is 0 Å². The molecule has 0 spiro atoms. The number of nitrogens with zero attached hydrogens (tertiary/aromatic N) is 3. The van der Waals surface area contributed by atoms with Crippen LogP contribution in [0.3, 0.4) is 0 Å². The van der Waals surface area contributed by atoms with E-state index in [0.29, 0.717) is 0 Å². The minimum Gasteiger partial charge on any atom is -0.439 e. The van der Waals surface area contributed by atoms with E-state index in [2.05, 4.69) is 32.2 Å². The molecule has 0 amide bonds. The lowest BCUT2D eigenvalue weighted by atomic mass is 10.2. The van der Waals surface area contributed by atoms with Crippen molar-refractivity contribution in [3.63, 3.8) is 0 Å². The van der Waals surface area contributed by atoms with Gasteiger partial charge < -0.3 is 9.73 Å². The molecule has 1 unspecified atom stereocenters. The SMILES string of the molecule is c1ccc(-c2cnc(CN3CCN(C4CCNC4)CC3)o2)cc1. The van der Waals surface area contributed by atoms with Crippen LogP contribution in [0.15, 0.2) is 40.9 Å². The lowest BCUT2D eigenvalue weighted by Crippen LogP contribution is -2.50. The Morgan fingerprint density at radius 1 is 1.13 bits per heavy atom. The van der Waals surface area contributed by atoms with Crippen molar-refractivity contribution < 1.29 is 4.42 Å². The molecule has 1 N–H and O–H groups in total. The summed E-state index contributed by atoms with van der Waals surface area (Å²) in [6, 6.07) is 10.9. The number of rotatable bonds is 4. The zero-order valence-electron chi connectivity index (χ0n) is 13.4. The molecule has 1 aromatic carbocycles. The Labute approximate surface area is 137 Å². The first-order valence-corrected chi connectivity index (χ1v) is 8.56. The van der Waals surface area contributed by atoms with E-state index in [-0.39, 0.29) is 0 Å². The fourth-order valence-corrected chi connectivity index (χ4v) is 3.55. The molecule has 2 aliphatic rings. The largest absolute Gasteiger partial charge is 0.439 e. The summed E-state index contributed by atoms with van der Waals surface area (Å²) >= 11 is 0. The lowest BCUT2D eigenvalue weighted by molar-refractivity contribution is 0.0926. The Hall–Kier alpha value is -1.69. The molecule has 5 heteroatoms. The van der Waals surface area contributed by atoms with Gasteiger partial charge in [0.15, 0.2) is 5.76 Å². The summed E-state index contributed by atoms with van der Waals surface area (Å²) in [5.41, 5.74) is 1.09. The van der Waals surface area contributed by atoms with Crippen LogP contribution in [0.25, 0.3) is 11.3 Å². The van der Waals surface area contributed by atoms with E-state index in [9.17, 15) is 0 Å². The van der Waals surface area contributed by atoms with Gasteiger partial charge in [-0.25, -0.2) is 4.98 Å². The third-order valence-corrected chi connectivity index (χ3v) is 4.93. The van der Waals surface area contributed by atoms with Gasteiger partial charge in [0.1, 0.15) is 0 Å². The van der Waals surface area contributed by atoms with Gasteiger partial charge in [0.05, 0.1) is 12.7 Å². The summed E-state index contributed by atoms with van der Waals surface area (Å²) in [4.78, 5) is 9.52. The first-order chi connectivity index (χ1) is 11.4. The van der Waals surface area contributed by atoms with E-state index in [4.69, 9.17) is 4.42 Å². The van der Waals surface area contributed by atoms with Crippen molar-refractivity contribution in [1.82, 2.24) is 20.1 Å². The topological polar surface area (TPSA) is 44.5 Å². The second-order valence-electron chi connectivity index (χ2n) is 6.44. The van der Waals surface area contributed by atoms with Crippen LogP contribution in [-0.2, 0) is 6.54 Å². The minimum absolute atomic E-state index is 0.739. The van der Waals surface area contributed by atoms with E-state index in [1.807, 2.05) is 24.4 Å². The number of benzene rings is 1. The van der Waals surface area contributed by atoms with Crippen molar-refractivity contribution in [2.75, 3.05) is 39.3 Å². The Kier molecular flexibility index (Phi) is 4.41. The molecule has 0 aliphatic carbocycles. The summed E-state index contributed by atoms with van der Waals surface area (Å²) in [6.07, 6.45) is 3.13. The molecule has 0 radical (unpaired) electrons. The molecule has 3 heterocycles. The number of oxazole rings is 1. The predicted octanol–water partition coefficient (Wildman–Crippen LogP) is 1.82. The van der Waals surface area contributed by atoms with Gasteiger partial charge in [0, 0.05) is 44.3 Å². The van der Waals surface area contributed by atoms with E-state index < -0.39 is 0 Å². The molecule has 4 rings (SSSR count). The second-order valence-corrected chi connectivity index (χ2v) is 6.44. The van der Waals surface area contributed by atoms with Crippen LogP contribution in [0.2, 0.25) is 0 Å². The number of nitrogens with one attached hydrogen (secondary N) is 1. The Bertz CT molecular complexity index is 613. The van der Waals surface area contributed by atoms with E-state index in [1.165, 1.54) is 13.0 Å². The van der Waals surface area contributed by atoms with Gasteiger partial charge in [-0.3, -0.25) is 9.80 Å². The highest BCUT2D eigenvalue weighted by atomic mass is 16.4. The van der Waals surface area contributed by atoms with Crippen LogP contribution in [0.5, 0.6) is 0 Å². The minimum atomic E-state index is 0.739. The van der Waals surface area contributed by atoms with Gasteiger partial charge >= 0.3 is 0 Å². The molecule has 2 aromatic rings. The maximum Gasteiger partial charge on any atom is 0.209 e. The molecule has 0 saturated carbocycles. The van der Waals surface area contributed by atoms with Gasteiger partial charge in [-0.15, -0.1) is 0 Å². The van der Waals surface area contributed by atoms with Crippen LogP contribution >= 0.6 is 0 Å². The number of piperazine rings is 1. The monoisotopic (exact) mass is 312 g/mol. The molecule has 2 saturated heterocycles. The molecular formula is C18H24N4O. The third kappa shape index (κ3) is 3.47. The zero-order valence-corrected chi connectivity index (χ0v) is 13.4. The smallest absolute Gasteiger partial charge is 0.209 e. The van der Waals surface area contributed by atoms with Crippen molar-refractivity contribution in [3.8, 4) is 11.3 Å². The summed E-state index contributed by atoms with van der Waals surface area (Å²) in [7, 11) is 0. The molecule has 2 fully saturated rings. The lowest BCUT2D eigenvalue weighted by Gasteiger charge is -2.37. The van der Waals surface area contributed by atoms with E-state index >= 15 is 0 Å². The first kappa shape index (κ1) is 14.9. The molecule has 1 atom stereocenters. The third-order valence-electron chi connectivity index (χ3n) is 4.93. The predicted molar refractivity (Wildman–Crippen MR) is 90.1 cm³/mol. The Balaban J connectivity index is 1.32. The fraction of sp³-hybridized carbons (Fsp3) is 0.500. The van der Waals surface area contributed by atoms with Crippen molar-refractivity contribution in [2.24, 2.45) is 0 Å².